The van der Waals surface area contributed by atoms with Crippen LogP contribution in [-0.4, -0.2) is 139 Å². The van der Waals surface area contributed by atoms with E-state index in [-0.39, 0.29) is 0 Å². The largest absolute Gasteiger partial charge is 0.394 e. The molecule has 20 heteroatoms. The second kappa shape index (κ2) is 15.7. The number of aliphatic hydroxyl groups excluding tert-OH is 3. The van der Waals surface area contributed by atoms with Crippen LogP contribution in [0.15, 0.2) is 0 Å². The van der Waals surface area contributed by atoms with Crippen molar-refractivity contribution in [3.8, 4) is 0 Å². The third-order valence-electron chi connectivity index (χ3n) is 5.44. The van der Waals surface area contributed by atoms with Crippen molar-refractivity contribution < 1.29 is 76.6 Å². The molecule has 2 amide bonds. The van der Waals surface area contributed by atoms with Gasteiger partial charge in [0.2, 0.25) is 11.8 Å². The van der Waals surface area contributed by atoms with E-state index >= 15 is 0 Å². The number of carbonyl (C=O) groups is 3. The van der Waals surface area contributed by atoms with Gasteiger partial charge < -0.3 is 59.5 Å². The summed E-state index contributed by atoms with van der Waals surface area (Å²) in [5.41, 5.74) is 0. The first kappa shape index (κ1) is 36.7. The molecule has 0 spiro atoms. The smallest absolute Gasteiger partial charge is 0.325 e. The van der Waals surface area contributed by atoms with E-state index in [0.29, 0.717) is 6.29 Å². The van der Waals surface area contributed by atoms with E-state index in [1.807, 2.05) is 0 Å². The lowest BCUT2D eigenvalue weighted by atomic mass is 9.97. The lowest BCUT2D eigenvalue weighted by Gasteiger charge is -2.43. The molecule has 7 N–H and O–H groups in total. The molecule has 234 valence electrons. The van der Waals surface area contributed by atoms with Crippen molar-refractivity contribution in [3.63, 3.8) is 0 Å². The van der Waals surface area contributed by atoms with Crippen molar-refractivity contribution in [2.75, 3.05) is 34.2 Å². The molecule has 2 heterocycles. The van der Waals surface area contributed by atoms with E-state index < -0.39 is 94.9 Å². The van der Waals surface area contributed by atoms with Gasteiger partial charge in [0.25, 0.3) is 0 Å². The lowest BCUT2D eigenvalue weighted by molar-refractivity contribution is -0.258. The molecule has 0 aliphatic carbocycles. The molecule has 0 bridgehead atoms. The van der Waals surface area contributed by atoms with E-state index in [4.69, 9.17) is 28.0 Å². The summed E-state index contributed by atoms with van der Waals surface area (Å²) in [6.45, 7) is 3.78. The maximum absolute atomic E-state index is 11.3. The fourth-order valence-electron chi connectivity index (χ4n) is 3.94. The summed E-state index contributed by atoms with van der Waals surface area (Å²) in [6, 6.07) is -2.03. The molecule has 18 nitrogen and oxygen atoms in total. The SMILES string of the molecule is COC1OC(C=O)C(OP(C)(=O)O)C(O)C1NC(C)=O.COC1OC(CO)C(OP(C)(=O)O)C(O)C1NC(C)=O. The van der Waals surface area contributed by atoms with E-state index in [9.17, 15) is 48.6 Å². The van der Waals surface area contributed by atoms with Crippen molar-refractivity contribution in [1.29, 1.82) is 0 Å². The molecule has 12 atom stereocenters. The summed E-state index contributed by atoms with van der Waals surface area (Å²) < 4.78 is 52.8. The van der Waals surface area contributed by atoms with Crippen LogP contribution in [0.4, 0.5) is 0 Å². The van der Waals surface area contributed by atoms with Crippen molar-refractivity contribution in [2.24, 2.45) is 0 Å². The van der Waals surface area contributed by atoms with Crippen LogP contribution in [0, 0.1) is 0 Å². The zero-order valence-electron chi connectivity index (χ0n) is 22.7. The maximum atomic E-state index is 11.3. The number of ether oxygens (including phenoxy) is 4. The highest BCUT2D eigenvalue weighted by Gasteiger charge is 2.49. The van der Waals surface area contributed by atoms with Crippen LogP contribution in [0.1, 0.15) is 13.8 Å². The molecular formula is C20H38N2O16P2. The van der Waals surface area contributed by atoms with Crippen LogP contribution < -0.4 is 10.6 Å². The zero-order valence-corrected chi connectivity index (χ0v) is 24.5. The molecule has 2 aliphatic heterocycles. The Kier molecular flexibility index (Phi) is 14.4. The number of amides is 2. The first-order chi connectivity index (χ1) is 18.4. The third kappa shape index (κ3) is 11.1. The van der Waals surface area contributed by atoms with E-state index in [0.717, 1.165) is 13.3 Å². The predicted molar refractivity (Wildman–Crippen MR) is 133 cm³/mol. The molecule has 40 heavy (non-hydrogen) atoms. The number of aliphatic hydroxyl groups is 3. The number of aldehydes is 1. The molecular weight excluding hydrogens is 586 g/mol. The minimum Gasteiger partial charge on any atom is -0.394 e. The summed E-state index contributed by atoms with van der Waals surface area (Å²) in [4.78, 5) is 51.7. The average molecular weight is 624 g/mol. The Labute approximate surface area is 230 Å². The Morgan fingerprint density at radius 3 is 1.60 bits per heavy atom. The van der Waals surface area contributed by atoms with Gasteiger partial charge >= 0.3 is 15.2 Å². The fourth-order valence-corrected chi connectivity index (χ4v) is 5.35. The lowest BCUT2D eigenvalue weighted by Crippen LogP contribution is -2.64. The Morgan fingerprint density at radius 2 is 1.25 bits per heavy atom. The normalized spacial score (nSPS) is 37.1. The van der Waals surface area contributed by atoms with Crippen molar-refractivity contribution in [2.45, 2.75) is 75.1 Å². The second-order valence-corrected chi connectivity index (χ2v) is 12.6. The first-order valence-corrected chi connectivity index (χ1v) is 15.7. The predicted octanol–water partition coefficient (Wildman–Crippen LogP) is -2.96. The van der Waals surface area contributed by atoms with Crippen LogP contribution in [0.5, 0.6) is 0 Å². The third-order valence-corrected chi connectivity index (χ3v) is 6.71. The quantitative estimate of drug-likeness (QED) is 0.0945. The van der Waals surface area contributed by atoms with Crippen LogP contribution in [0.2, 0.25) is 0 Å². The highest BCUT2D eigenvalue weighted by Crippen LogP contribution is 2.42. The van der Waals surface area contributed by atoms with Crippen LogP contribution in [0.25, 0.3) is 0 Å². The minimum absolute atomic E-state index is 0.333. The van der Waals surface area contributed by atoms with Gasteiger partial charge in [0.05, 0.1) is 6.61 Å². The van der Waals surface area contributed by atoms with Gasteiger partial charge in [0, 0.05) is 41.4 Å². The highest BCUT2D eigenvalue weighted by atomic mass is 31.2. The van der Waals surface area contributed by atoms with Gasteiger partial charge in [-0.15, -0.1) is 0 Å². The molecule has 2 aliphatic rings. The molecule has 0 aromatic rings. The van der Waals surface area contributed by atoms with Crippen LogP contribution >= 0.6 is 15.2 Å². The number of carbonyl (C=O) groups excluding carboxylic acids is 3. The van der Waals surface area contributed by atoms with Crippen LogP contribution in [-0.2, 0) is 51.5 Å². The van der Waals surface area contributed by atoms with E-state index in [1.165, 1.54) is 28.1 Å². The molecule has 0 aromatic heterocycles. The van der Waals surface area contributed by atoms with Crippen molar-refractivity contribution in [1.82, 2.24) is 10.6 Å². The summed E-state index contributed by atoms with van der Waals surface area (Å²) in [7, 11) is -5.31. The number of hydrogen-bond acceptors (Lipinski definition) is 14. The van der Waals surface area contributed by atoms with Gasteiger partial charge in [-0.2, -0.15) is 0 Å². The van der Waals surface area contributed by atoms with Crippen LogP contribution in [0.3, 0.4) is 0 Å². The molecule has 0 saturated carbocycles. The van der Waals surface area contributed by atoms with Gasteiger partial charge in [-0.1, -0.05) is 0 Å². The number of nitrogens with one attached hydrogen (secondary N) is 2. The minimum atomic E-state index is -3.96. The van der Waals surface area contributed by atoms with Gasteiger partial charge in [0.15, 0.2) is 18.9 Å². The second-order valence-electron chi connectivity index (χ2n) is 8.98. The monoisotopic (exact) mass is 624 g/mol. The molecule has 0 aromatic carbocycles. The molecule has 2 saturated heterocycles. The zero-order chi connectivity index (χ0) is 31.0. The topological polar surface area (TPSA) is 266 Å². The number of methoxy groups -OCH3 is 2. The summed E-state index contributed by atoms with van der Waals surface area (Å²) in [5, 5.41) is 34.4. The number of hydrogen-bond donors (Lipinski definition) is 7. The molecule has 2 rings (SSSR count). The summed E-state index contributed by atoms with van der Waals surface area (Å²) in [5.74, 6) is -0.906. The fraction of sp³-hybridized carbons (Fsp3) is 0.850. The van der Waals surface area contributed by atoms with Gasteiger partial charge in [-0.3, -0.25) is 27.8 Å². The Bertz CT molecular complexity index is 943. The molecule has 12 unspecified atom stereocenters. The highest BCUT2D eigenvalue weighted by molar-refractivity contribution is 7.52. The molecule has 0 radical (unpaired) electrons. The van der Waals surface area contributed by atoms with E-state index in [2.05, 4.69) is 10.6 Å². The van der Waals surface area contributed by atoms with Gasteiger partial charge in [-0.25, -0.2) is 0 Å². The van der Waals surface area contributed by atoms with Gasteiger partial charge in [-0.05, 0) is 0 Å². The summed E-state index contributed by atoms with van der Waals surface area (Å²) in [6.07, 6.45) is -9.61. The van der Waals surface area contributed by atoms with Crippen molar-refractivity contribution in [3.05, 3.63) is 0 Å². The Morgan fingerprint density at radius 1 is 0.850 bits per heavy atom. The maximum Gasteiger partial charge on any atom is 0.325 e. The number of rotatable bonds is 10. The Balaban J connectivity index is 0.000000400. The average Bonchev–Trinajstić information content (AvgIpc) is 2.83. The summed E-state index contributed by atoms with van der Waals surface area (Å²) >= 11 is 0. The van der Waals surface area contributed by atoms with Crippen molar-refractivity contribution >= 4 is 33.3 Å². The Hall–Kier alpha value is -1.37. The molecule has 2 fully saturated rings. The first-order valence-electron chi connectivity index (χ1n) is 11.7. The van der Waals surface area contributed by atoms with Gasteiger partial charge in [0.1, 0.15) is 48.7 Å². The van der Waals surface area contributed by atoms with E-state index in [1.54, 1.807) is 0 Å². The standard InChI is InChI=1S/C10H20NO8P.C10H18NO8P/c2*1-5(13)11-7-8(14)9(19-20(3,15)16)6(4-12)18-10(7)17-2/h6-10,12,14H,4H2,1-3H3,(H,11,13)(H,15,16);4,6-10,14H,1-3H3,(H,11,13)(H,15,16).